The molecule has 1 fully saturated rings. The molecule has 2 atom stereocenters. The van der Waals surface area contributed by atoms with E-state index in [-0.39, 0.29) is 17.9 Å². The summed E-state index contributed by atoms with van der Waals surface area (Å²) in [5.41, 5.74) is 1.65. The summed E-state index contributed by atoms with van der Waals surface area (Å²) in [6.07, 6.45) is 2.51. The Hall–Kier alpha value is -2.18. The van der Waals surface area contributed by atoms with E-state index in [1.807, 2.05) is 32.6 Å². The molecule has 0 spiro atoms. The van der Waals surface area contributed by atoms with E-state index in [4.69, 9.17) is 9.05 Å². The zero-order valence-electron chi connectivity index (χ0n) is 14.0. The highest BCUT2D eigenvalue weighted by atomic mass is 16.5. The van der Waals surface area contributed by atoms with Gasteiger partial charge in [-0.15, -0.1) is 0 Å². The second-order valence-electron chi connectivity index (χ2n) is 6.05. The predicted molar refractivity (Wildman–Crippen MR) is 81.8 cm³/mol. The van der Waals surface area contributed by atoms with Crippen LogP contribution in [0.1, 0.15) is 67.4 Å². The lowest BCUT2D eigenvalue weighted by Crippen LogP contribution is -2.34. The van der Waals surface area contributed by atoms with E-state index in [9.17, 15) is 4.79 Å². The van der Waals surface area contributed by atoms with Crippen molar-refractivity contribution in [2.24, 2.45) is 0 Å². The van der Waals surface area contributed by atoms with Crippen molar-refractivity contribution in [2.45, 2.75) is 58.9 Å². The number of aryl methyl sites for hydroxylation is 3. The molecule has 0 unspecified atom stereocenters. The monoisotopic (exact) mass is 318 g/mol. The Morgan fingerprint density at radius 3 is 2.74 bits per heavy atom. The molecule has 124 valence electrons. The van der Waals surface area contributed by atoms with Crippen LogP contribution in [0, 0.1) is 13.8 Å². The van der Waals surface area contributed by atoms with E-state index in [0.29, 0.717) is 30.4 Å². The summed E-state index contributed by atoms with van der Waals surface area (Å²) in [7, 11) is 0. The van der Waals surface area contributed by atoms with Gasteiger partial charge in [-0.1, -0.05) is 17.2 Å². The predicted octanol–water partition coefficient (Wildman–Crippen LogP) is 2.70. The summed E-state index contributed by atoms with van der Waals surface area (Å²) in [6.45, 7) is 8.29. The van der Waals surface area contributed by atoms with Crippen LogP contribution in [0.25, 0.3) is 0 Å². The fraction of sp³-hybridized carbons (Fsp3) is 0.625. The maximum atomic E-state index is 13.0. The zero-order valence-corrected chi connectivity index (χ0v) is 14.0. The summed E-state index contributed by atoms with van der Waals surface area (Å²) in [5, 5.41) is 8.00. The maximum Gasteiger partial charge on any atom is 0.230 e. The van der Waals surface area contributed by atoms with Crippen LogP contribution in [0.15, 0.2) is 9.05 Å². The summed E-state index contributed by atoms with van der Waals surface area (Å²) in [6, 6.07) is -0.102. The Morgan fingerprint density at radius 1 is 1.35 bits per heavy atom. The first-order valence-electron chi connectivity index (χ1n) is 8.08. The molecule has 1 amide bonds. The first kappa shape index (κ1) is 15.7. The van der Waals surface area contributed by atoms with Crippen molar-refractivity contribution < 1.29 is 13.8 Å². The van der Waals surface area contributed by atoms with Crippen molar-refractivity contribution in [3.8, 4) is 0 Å². The molecule has 7 nitrogen and oxygen atoms in total. The molecule has 1 saturated heterocycles. The Balaban J connectivity index is 1.83. The van der Waals surface area contributed by atoms with Gasteiger partial charge in [-0.05, 0) is 33.6 Å². The normalized spacial score (nSPS) is 19.3. The standard InChI is InChI=1S/C16H22N4O3/c1-5-13-17-15(19-23-13)12-7-6-8-20(12)16(21)9(2)14-10(3)18-22-11(14)4/h9,12H,5-8H2,1-4H3/t9-,12-/m1/s1. The van der Waals surface area contributed by atoms with E-state index in [2.05, 4.69) is 15.3 Å². The molecular formula is C16H22N4O3. The third kappa shape index (κ3) is 2.75. The Morgan fingerprint density at radius 2 is 2.13 bits per heavy atom. The lowest BCUT2D eigenvalue weighted by Gasteiger charge is -2.25. The van der Waals surface area contributed by atoms with Crippen LogP contribution in [-0.4, -0.2) is 32.6 Å². The molecule has 3 rings (SSSR count). The molecule has 0 N–H and O–H groups in total. The third-order valence-electron chi connectivity index (χ3n) is 4.51. The molecule has 1 aliphatic rings. The van der Waals surface area contributed by atoms with Crippen LogP contribution < -0.4 is 0 Å². The molecule has 0 aromatic carbocycles. The highest BCUT2D eigenvalue weighted by Gasteiger charge is 2.37. The van der Waals surface area contributed by atoms with E-state index in [1.165, 1.54) is 0 Å². The van der Waals surface area contributed by atoms with E-state index in [0.717, 1.165) is 24.1 Å². The van der Waals surface area contributed by atoms with Gasteiger partial charge in [0.05, 0.1) is 17.7 Å². The third-order valence-corrected chi connectivity index (χ3v) is 4.51. The summed E-state index contributed by atoms with van der Waals surface area (Å²) < 4.78 is 10.4. The number of hydrogen-bond donors (Lipinski definition) is 0. The van der Waals surface area contributed by atoms with Crippen molar-refractivity contribution in [1.82, 2.24) is 20.2 Å². The minimum absolute atomic E-state index is 0.0600. The first-order chi connectivity index (χ1) is 11.0. The number of carbonyl (C=O) groups excluding carboxylic acids is 1. The maximum absolute atomic E-state index is 13.0. The van der Waals surface area contributed by atoms with Gasteiger partial charge in [-0.25, -0.2) is 0 Å². The number of carbonyl (C=O) groups is 1. The molecule has 2 aromatic heterocycles. The lowest BCUT2D eigenvalue weighted by molar-refractivity contribution is -0.133. The average Bonchev–Trinajstić information content (AvgIpc) is 3.25. The fourth-order valence-corrected chi connectivity index (χ4v) is 3.33. The van der Waals surface area contributed by atoms with Crippen molar-refractivity contribution in [3.63, 3.8) is 0 Å². The Kier molecular flexibility index (Phi) is 4.19. The van der Waals surface area contributed by atoms with Crippen LogP contribution in [-0.2, 0) is 11.2 Å². The van der Waals surface area contributed by atoms with Gasteiger partial charge in [-0.2, -0.15) is 4.98 Å². The minimum Gasteiger partial charge on any atom is -0.361 e. The molecule has 0 radical (unpaired) electrons. The highest BCUT2D eigenvalue weighted by Crippen LogP contribution is 2.34. The van der Waals surface area contributed by atoms with Crippen molar-refractivity contribution in [3.05, 3.63) is 28.7 Å². The second kappa shape index (κ2) is 6.14. The van der Waals surface area contributed by atoms with Crippen LogP contribution in [0.5, 0.6) is 0 Å². The van der Waals surface area contributed by atoms with Crippen LogP contribution in [0.3, 0.4) is 0 Å². The Bertz CT molecular complexity index is 686. The topological polar surface area (TPSA) is 85.3 Å². The van der Waals surface area contributed by atoms with Gasteiger partial charge in [0.25, 0.3) is 0 Å². The summed E-state index contributed by atoms with van der Waals surface area (Å²) in [5.74, 6) is 1.69. The SMILES string of the molecule is CCc1nc([C@H]2CCCN2C(=O)[C@H](C)c2c(C)noc2C)no1. The molecule has 1 aliphatic heterocycles. The molecule has 7 heteroatoms. The quantitative estimate of drug-likeness (QED) is 0.861. The van der Waals surface area contributed by atoms with Crippen molar-refractivity contribution in [1.29, 1.82) is 0 Å². The van der Waals surface area contributed by atoms with Crippen LogP contribution >= 0.6 is 0 Å². The average molecular weight is 318 g/mol. The Labute approximate surface area is 135 Å². The van der Waals surface area contributed by atoms with Gasteiger partial charge in [0, 0.05) is 18.5 Å². The van der Waals surface area contributed by atoms with Gasteiger partial charge in [0.15, 0.2) is 5.82 Å². The van der Waals surface area contributed by atoms with E-state index < -0.39 is 0 Å². The van der Waals surface area contributed by atoms with Gasteiger partial charge in [0.1, 0.15) is 5.76 Å². The van der Waals surface area contributed by atoms with Crippen LogP contribution in [0.2, 0.25) is 0 Å². The van der Waals surface area contributed by atoms with Crippen molar-refractivity contribution in [2.75, 3.05) is 6.54 Å². The largest absolute Gasteiger partial charge is 0.361 e. The number of nitrogens with zero attached hydrogens (tertiary/aromatic N) is 4. The molecule has 3 heterocycles. The molecule has 0 bridgehead atoms. The first-order valence-corrected chi connectivity index (χ1v) is 8.08. The summed E-state index contributed by atoms with van der Waals surface area (Å²) >= 11 is 0. The number of likely N-dealkylation sites (tertiary alicyclic amines) is 1. The summed E-state index contributed by atoms with van der Waals surface area (Å²) in [4.78, 5) is 19.2. The van der Waals surface area contributed by atoms with Crippen LogP contribution in [0.4, 0.5) is 0 Å². The van der Waals surface area contributed by atoms with E-state index >= 15 is 0 Å². The van der Waals surface area contributed by atoms with E-state index in [1.54, 1.807) is 0 Å². The molecule has 23 heavy (non-hydrogen) atoms. The van der Waals surface area contributed by atoms with Gasteiger partial charge in [-0.3, -0.25) is 4.79 Å². The van der Waals surface area contributed by atoms with Crippen molar-refractivity contribution >= 4 is 5.91 Å². The molecule has 0 aliphatic carbocycles. The lowest BCUT2D eigenvalue weighted by atomic mass is 9.97. The smallest absolute Gasteiger partial charge is 0.230 e. The number of amides is 1. The molecule has 2 aromatic rings. The number of aromatic nitrogens is 3. The number of rotatable bonds is 4. The van der Waals surface area contributed by atoms with Gasteiger partial charge >= 0.3 is 0 Å². The number of hydrogen-bond acceptors (Lipinski definition) is 6. The molecular weight excluding hydrogens is 296 g/mol. The fourth-order valence-electron chi connectivity index (χ4n) is 3.33. The second-order valence-corrected chi connectivity index (χ2v) is 6.05. The minimum atomic E-state index is -0.292. The highest BCUT2D eigenvalue weighted by molar-refractivity contribution is 5.84. The zero-order chi connectivity index (χ0) is 16.6. The molecule has 0 saturated carbocycles. The van der Waals surface area contributed by atoms with Gasteiger partial charge in [0.2, 0.25) is 11.8 Å². The van der Waals surface area contributed by atoms with Gasteiger partial charge < -0.3 is 13.9 Å².